The second-order valence-electron chi connectivity index (χ2n) is 6.13. The van der Waals surface area contributed by atoms with Crippen LogP contribution < -0.4 is 0 Å². The average molecular weight is 430 g/mol. The van der Waals surface area contributed by atoms with Gasteiger partial charge >= 0.3 is 77.0 Å². The number of rotatable bonds is 0. The van der Waals surface area contributed by atoms with Crippen molar-refractivity contribution in [3.63, 3.8) is 0 Å². The molecule has 154 valence electrons. The zero-order valence-corrected chi connectivity index (χ0v) is 11.1. The first-order valence-electron chi connectivity index (χ1n) is 6.06. The molecule has 4 fully saturated rings. The van der Waals surface area contributed by atoms with Gasteiger partial charge in [0, 0.05) is 0 Å². The molecule has 4 rings (SSSR count). The monoisotopic (exact) mass is 430 g/mol. The molecule has 0 spiro atoms. The molecule has 17 heteroatoms. The van der Waals surface area contributed by atoms with E-state index in [-0.39, 0.29) is 18.9 Å². The molecule has 0 saturated heterocycles. The Hall–Kier alpha value is -0.493. The molecule has 0 amide bonds. The second-order valence-corrected chi connectivity index (χ2v) is 6.13. The van der Waals surface area contributed by atoms with Crippen LogP contribution in [0.15, 0.2) is 0 Å². The molecule has 0 heterocycles. The molecular weight excluding hydrogens is 428 g/mol. The van der Waals surface area contributed by atoms with Gasteiger partial charge in [0.25, 0.3) is 0 Å². The fourth-order valence-corrected chi connectivity index (χ4v) is 3.83. The summed E-state index contributed by atoms with van der Waals surface area (Å²) in [7, 11) is 0. The van der Waals surface area contributed by atoms with Gasteiger partial charge in [-0.15, -0.1) is 0 Å². The van der Waals surface area contributed by atoms with Crippen LogP contribution in [0.5, 0.6) is 0 Å². The van der Waals surface area contributed by atoms with Crippen LogP contribution in [0.3, 0.4) is 0 Å². The Labute approximate surface area is 149 Å². The molecule has 1 N–H and O–H groups in total. The van der Waals surface area contributed by atoms with Gasteiger partial charge in [-0.2, -0.15) is 43.9 Å². The van der Waals surface area contributed by atoms with E-state index in [1.807, 2.05) is 0 Å². The molecule has 4 bridgehead atoms. The van der Waals surface area contributed by atoms with Gasteiger partial charge in [0.05, 0.1) is 0 Å². The van der Waals surface area contributed by atoms with Crippen LogP contribution in [0.4, 0.5) is 65.9 Å². The number of alkyl halides is 15. The van der Waals surface area contributed by atoms with Crippen molar-refractivity contribution in [2.45, 2.75) is 58.1 Å². The van der Waals surface area contributed by atoms with Crippen LogP contribution in [0.1, 0.15) is 0 Å². The Bertz CT molecular complexity index is 518. The van der Waals surface area contributed by atoms with E-state index in [2.05, 4.69) is 0 Å². The van der Waals surface area contributed by atoms with Crippen molar-refractivity contribution in [3.05, 3.63) is 0 Å². The number of hydrogen-bond donors (Lipinski definition) is 1. The van der Waals surface area contributed by atoms with Gasteiger partial charge in [0.15, 0.2) is 0 Å². The third-order valence-corrected chi connectivity index (χ3v) is 5.24. The number of hydrogen-bond acceptors (Lipinski definition) is 1. The Morgan fingerprint density at radius 2 is 0.481 bits per heavy atom. The average Bonchev–Trinajstić information content (AvgIpc) is 2.46. The first kappa shape index (κ1) is 22.8. The molecule has 0 atom stereocenters. The van der Waals surface area contributed by atoms with E-state index in [1.54, 1.807) is 0 Å². The summed E-state index contributed by atoms with van der Waals surface area (Å²) >= 11 is 0. The molecular formula is C10H2F15LiO. The first-order valence-corrected chi connectivity index (χ1v) is 6.06. The zero-order chi connectivity index (χ0) is 21.0. The molecule has 0 aromatic heterocycles. The summed E-state index contributed by atoms with van der Waals surface area (Å²) in [6.45, 7) is 0. The first-order chi connectivity index (χ1) is 11.0. The fraction of sp³-hybridized carbons (Fsp3) is 1.00. The molecule has 4 aliphatic carbocycles. The van der Waals surface area contributed by atoms with E-state index in [4.69, 9.17) is 5.11 Å². The van der Waals surface area contributed by atoms with Gasteiger partial charge in [-0.25, -0.2) is 22.0 Å². The van der Waals surface area contributed by atoms with Gasteiger partial charge in [-0.1, -0.05) is 0 Å². The Morgan fingerprint density at radius 1 is 0.333 bits per heavy atom. The van der Waals surface area contributed by atoms with E-state index in [9.17, 15) is 65.9 Å². The molecule has 4 aliphatic rings. The van der Waals surface area contributed by atoms with Crippen LogP contribution in [0.25, 0.3) is 0 Å². The minimum absolute atomic E-state index is 0. The summed E-state index contributed by atoms with van der Waals surface area (Å²) in [6, 6.07) is 0. The van der Waals surface area contributed by atoms with Crippen molar-refractivity contribution < 1.29 is 71.0 Å². The Balaban J connectivity index is 0.00000261. The minimum atomic E-state index is -7.86. The summed E-state index contributed by atoms with van der Waals surface area (Å²) in [6.07, 6.45) is 0. The van der Waals surface area contributed by atoms with Gasteiger partial charge in [-0.3, -0.25) is 0 Å². The summed E-state index contributed by atoms with van der Waals surface area (Å²) in [5.74, 6) is -46.4. The Kier molecular flexibility index (Phi) is 3.65. The van der Waals surface area contributed by atoms with Crippen molar-refractivity contribution in [1.82, 2.24) is 0 Å². The predicted octanol–water partition coefficient (Wildman–Crippen LogP) is 3.05. The third kappa shape index (κ3) is 1.22. The maximum absolute atomic E-state index is 14.1. The van der Waals surface area contributed by atoms with E-state index in [1.165, 1.54) is 0 Å². The van der Waals surface area contributed by atoms with Crippen LogP contribution >= 0.6 is 0 Å². The van der Waals surface area contributed by atoms with Gasteiger partial charge in [-0.05, 0) is 0 Å². The summed E-state index contributed by atoms with van der Waals surface area (Å²) < 4.78 is 207. The van der Waals surface area contributed by atoms with Crippen LogP contribution in [0, 0.1) is 0 Å². The summed E-state index contributed by atoms with van der Waals surface area (Å²) in [5, 5.41) is 8.64. The third-order valence-electron chi connectivity index (χ3n) is 5.24. The van der Waals surface area contributed by atoms with Crippen molar-refractivity contribution in [2.24, 2.45) is 0 Å². The standard InChI is InChI=1S/C10HF15O.Li.H/c11-1-5(15,16)2(12)8(21,22)3(13,6(1,17)18)10(25,26)4(14,7(1,19)20)9(2,23)24;;/h26H;;. The topological polar surface area (TPSA) is 20.2 Å². The number of aliphatic hydroxyl groups is 1. The molecule has 0 aromatic rings. The summed E-state index contributed by atoms with van der Waals surface area (Å²) in [4.78, 5) is 0. The Morgan fingerprint density at radius 3 is 0.667 bits per heavy atom. The van der Waals surface area contributed by atoms with Crippen LogP contribution in [-0.4, -0.2) is 82.1 Å². The van der Waals surface area contributed by atoms with Gasteiger partial charge in [0.2, 0.25) is 0 Å². The molecule has 0 aromatic carbocycles. The normalized spacial score (nSPS) is 55.1. The molecule has 0 aliphatic heterocycles. The molecule has 1 nitrogen and oxygen atoms in total. The fourth-order valence-electron chi connectivity index (χ4n) is 3.83. The molecule has 4 saturated carbocycles. The van der Waals surface area contributed by atoms with E-state index in [0.717, 1.165) is 0 Å². The maximum atomic E-state index is 14.1. The van der Waals surface area contributed by atoms with Crippen molar-refractivity contribution in [1.29, 1.82) is 0 Å². The zero-order valence-electron chi connectivity index (χ0n) is 11.1. The van der Waals surface area contributed by atoms with Crippen LogP contribution in [0.2, 0.25) is 0 Å². The van der Waals surface area contributed by atoms with Crippen molar-refractivity contribution in [3.8, 4) is 0 Å². The molecule has 0 unspecified atom stereocenters. The van der Waals surface area contributed by atoms with Crippen molar-refractivity contribution >= 4 is 18.9 Å². The SMILES string of the molecule is OC1(F)C2(F)C(F)(F)C3(F)C(F)(F)C1(F)C(F)(F)C(F)(C2(F)F)C3(F)F.[LiH]. The van der Waals surface area contributed by atoms with Crippen LogP contribution in [-0.2, 0) is 0 Å². The van der Waals surface area contributed by atoms with Gasteiger partial charge < -0.3 is 5.11 Å². The number of halogens is 15. The van der Waals surface area contributed by atoms with Crippen molar-refractivity contribution in [2.75, 3.05) is 0 Å². The van der Waals surface area contributed by atoms with Gasteiger partial charge in [0.1, 0.15) is 0 Å². The second kappa shape index (κ2) is 4.33. The van der Waals surface area contributed by atoms with E-state index in [0.29, 0.717) is 0 Å². The predicted molar refractivity (Wildman–Crippen MR) is 53.3 cm³/mol. The summed E-state index contributed by atoms with van der Waals surface area (Å²) in [5.41, 5.74) is -30.7. The van der Waals surface area contributed by atoms with E-state index >= 15 is 0 Å². The molecule has 27 heavy (non-hydrogen) atoms. The quantitative estimate of drug-likeness (QED) is 0.463. The van der Waals surface area contributed by atoms with E-state index < -0.39 is 58.1 Å². The molecule has 0 radical (unpaired) electrons.